The van der Waals surface area contributed by atoms with Gasteiger partial charge in [-0.2, -0.15) is 0 Å². The van der Waals surface area contributed by atoms with Crippen LogP contribution in [-0.2, 0) is 4.79 Å². The SMILES string of the molecule is NC1=N[C@](CCC2CCCCC2)(CC2CCCCC2)C(=O)N1C/C=C/CO. The van der Waals surface area contributed by atoms with Gasteiger partial charge in [0.15, 0.2) is 5.96 Å². The van der Waals surface area contributed by atoms with Gasteiger partial charge < -0.3 is 10.8 Å². The molecular formula is C22H37N3O2. The molecule has 3 N–H and O–H groups in total. The number of hydrogen-bond donors (Lipinski definition) is 2. The quantitative estimate of drug-likeness (QED) is 0.634. The third-order valence-corrected chi connectivity index (χ3v) is 6.85. The molecule has 2 fully saturated rings. The average Bonchev–Trinajstić information content (AvgIpc) is 2.92. The van der Waals surface area contributed by atoms with Crippen LogP contribution in [0.1, 0.15) is 83.5 Å². The van der Waals surface area contributed by atoms with Gasteiger partial charge in [0, 0.05) is 6.54 Å². The molecule has 0 bridgehead atoms. The zero-order valence-electron chi connectivity index (χ0n) is 16.7. The molecule has 2 saturated carbocycles. The summed E-state index contributed by atoms with van der Waals surface area (Å²) in [5, 5.41) is 8.97. The van der Waals surface area contributed by atoms with Crippen molar-refractivity contribution in [2.45, 2.75) is 89.0 Å². The maximum atomic E-state index is 13.4. The van der Waals surface area contributed by atoms with Gasteiger partial charge >= 0.3 is 0 Å². The molecule has 0 spiro atoms. The van der Waals surface area contributed by atoms with Gasteiger partial charge in [0.1, 0.15) is 5.54 Å². The lowest BCUT2D eigenvalue weighted by molar-refractivity contribution is -0.132. The summed E-state index contributed by atoms with van der Waals surface area (Å²) in [7, 11) is 0. The highest BCUT2D eigenvalue weighted by molar-refractivity contribution is 6.06. The molecule has 3 aliphatic rings. The van der Waals surface area contributed by atoms with Crippen LogP contribution in [0.25, 0.3) is 0 Å². The summed E-state index contributed by atoms with van der Waals surface area (Å²) in [6.07, 6.45) is 19.2. The van der Waals surface area contributed by atoms with Gasteiger partial charge in [-0.05, 0) is 31.1 Å². The van der Waals surface area contributed by atoms with Crippen LogP contribution in [0, 0.1) is 11.8 Å². The lowest BCUT2D eigenvalue weighted by Crippen LogP contribution is -2.45. The number of guanidine groups is 1. The van der Waals surface area contributed by atoms with Crippen molar-refractivity contribution in [1.29, 1.82) is 0 Å². The number of carbonyl (C=O) groups is 1. The van der Waals surface area contributed by atoms with E-state index in [4.69, 9.17) is 15.8 Å². The Morgan fingerprint density at radius 3 is 2.30 bits per heavy atom. The van der Waals surface area contributed by atoms with Gasteiger partial charge in [-0.15, -0.1) is 0 Å². The Balaban J connectivity index is 1.72. The molecule has 0 unspecified atom stereocenters. The summed E-state index contributed by atoms with van der Waals surface area (Å²) in [4.78, 5) is 19.8. The van der Waals surface area contributed by atoms with Crippen molar-refractivity contribution in [3.63, 3.8) is 0 Å². The number of rotatable bonds is 8. The Morgan fingerprint density at radius 2 is 1.67 bits per heavy atom. The van der Waals surface area contributed by atoms with Crippen molar-refractivity contribution < 1.29 is 9.90 Å². The number of nitrogens with zero attached hydrogens (tertiary/aromatic N) is 2. The molecule has 0 saturated heterocycles. The minimum absolute atomic E-state index is 0.0199. The van der Waals surface area contributed by atoms with E-state index in [1.807, 2.05) is 0 Å². The molecule has 1 atom stereocenters. The Bertz CT molecular complexity index is 548. The van der Waals surface area contributed by atoms with E-state index in [0.29, 0.717) is 18.4 Å². The molecule has 152 valence electrons. The summed E-state index contributed by atoms with van der Waals surface area (Å²) in [5.74, 6) is 1.79. The van der Waals surface area contributed by atoms with E-state index in [9.17, 15) is 4.79 Å². The van der Waals surface area contributed by atoms with Crippen LogP contribution in [0.4, 0.5) is 0 Å². The molecule has 27 heavy (non-hydrogen) atoms. The van der Waals surface area contributed by atoms with Crippen LogP contribution in [0.2, 0.25) is 0 Å². The second kappa shape index (κ2) is 9.72. The first-order valence-corrected chi connectivity index (χ1v) is 11.1. The summed E-state index contributed by atoms with van der Waals surface area (Å²) in [6.45, 7) is 0.387. The largest absolute Gasteiger partial charge is 0.392 e. The van der Waals surface area contributed by atoms with Gasteiger partial charge in [0.2, 0.25) is 0 Å². The monoisotopic (exact) mass is 375 g/mol. The van der Waals surface area contributed by atoms with E-state index in [0.717, 1.165) is 25.2 Å². The van der Waals surface area contributed by atoms with Crippen LogP contribution in [0.5, 0.6) is 0 Å². The van der Waals surface area contributed by atoms with E-state index >= 15 is 0 Å². The molecule has 2 aliphatic carbocycles. The summed E-state index contributed by atoms with van der Waals surface area (Å²) in [5.41, 5.74) is 5.56. The van der Waals surface area contributed by atoms with Gasteiger partial charge in [0.05, 0.1) is 6.61 Å². The maximum absolute atomic E-state index is 13.4. The highest BCUT2D eigenvalue weighted by Crippen LogP contribution is 2.40. The predicted molar refractivity (Wildman–Crippen MR) is 109 cm³/mol. The van der Waals surface area contributed by atoms with E-state index in [1.165, 1.54) is 64.2 Å². The third-order valence-electron chi connectivity index (χ3n) is 6.85. The fraction of sp³-hybridized carbons (Fsp3) is 0.818. The highest BCUT2D eigenvalue weighted by Gasteiger charge is 2.48. The number of amides is 1. The van der Waals surface area contributed by atoms with Crippen molar-refractivity contribution in [1.82, 2.24) is 4.90 Å². The molecule has 0 aromatic carbocycles. The molecule has 1 heterocycles. The highest BCUT2D eigenvalue weighted by atomic mass is 16.2. The molecule has 0 aromatic heterocycles. The van der Waals surface area contributed by atoms with E-state index in [2.05, 4.69) is 0 Å². The number of carbonyl (C=O) groups excluding carboxylic acids is 1. The van der Waals surface area contributed by atoms with Gasteiger partial charge in [-0.25, -0.2) is 4.99 Å². The Hall–Kier alpha value is -1.36. The second-order valence-electron chi connectivity index (χ2n) is 8.82. The van der Waals surface area contributed by atoms with Crippen LogP contribution in [0.15, 0.2) is 17.1 Å². The van der Waals surface area contributed by atoms with Crippen molar-refractivity contribution in [2.24, 2.45) is 22.6 Å². The molecule has 1 aliphatic heterocycles. The third kappa shape index (κ3) is 5.13. The minimum Gasteiger partial charge on any atom is -0.392 e. The van der Waals surface area contributed by atoms with Crippen LogP contribution in [0.3, 0.4) is 0 Å². The minimum atomic E-state index is -0.642. The number of nitrogens with two attached hydrogens (primary N) is 1. The van der Waals surface area contributed by atoms with Gasteiger partial charge in [-0.3, -0.25) is 9.69 Å². The van der Waals surface area contributed by atoms with Crippen molar-refractivity contribution in [3.05, 3.63) is 12.2 Å². The fourth-order valence-electron chi connectivity index (χ4n) is 5.30. The van der Waals surface area contributed by atoms with Crippen molar-refractivity contribution >= 4 is 11.9 Å². The van der Waals surface area contributed by atoms with Gasteiger partial charge in [0.25, 0.3) is 5.91 Å². The van der Waals surface area contributed by atoms with E-state index in [-0.39, 0.29) is 12.5 Å². The lowest BCUT2D eigenvalue weighted by atomic mass is 9.75. The first-order valence-electron chi connectivity index (χ1n) is 11.1. The predicted octanol–water partition coefficient (Wildman–Crippen LogP) is 3.76. The van der Waals surface area contributed by atoms with Crippen molar-refractivity contribution in [2.75, 3.05) is 13.2 Å². The van der Waals surface area contributed by atoms with E-state index in [1.54, 1.807) is 17.1 Å². The average molecular weight is 376 g/mol. The number of hydrogen-bond acceptors (Lipinski definition) is 4. The number of aliphatic hydroxyl groups excluding tert-OH is 1. The van der Waals surface area contributed by atoms with Crippen molar-refractivity contribution in [3.8, 4) is 0 Å². The first kappa shape index (κ1) is 20.4. The second-order valence-corrected chi connectivity index (χ2v) is 8.82. The molecule has 5 heteroatoms. The smallest absolute Gasteiger partial charge is 0.257 e. The van der Waals surface area contributed by atoms with Crippen LogP contribution in [-0.4, -0.2) is 40.6 Å². The summed E-state index contributed by atoms with van der Waals surface area (Å²) >= 11 is 0. The summed E-state index contributed by atoms with van der Waals surface area (Å²) < 4.78 is 0. The zero-order chi connectivity index (χ0) is 19.1. The van der Waals surface area contributed by atoms with E-state index < -0.39 is 5.54 Å². The topological polar surface area (TPSA) is 78.9 Å². The number of aliphatic imine (C=N–C) groups is 1. The maximum Gasteiger partial charge on any atom is 0.257 e. The molecule has 1 amide bonds. The Morgan fingerprint density at radius 1 is 1.04 bits per heavy atom. The van der Waals surface area contributed by atoms with Crippen LogP contribution >= 0.6 is 0 Å². The fourth-order valence-corrected chi connectivity index (χ4v) is 5.30. The molecule has 3 rings (SSSR count). The molecule has 0 radical (unpaired) electrons. The lowest BCUT2D eigenvalue weighted by Gasteiger charge is -2.33. The zero-order valence-corrected chi connectivity index (χ0v) is 16.7. The Labute approximate surface area is 164 Å². The molecule has 0 aromatic rings. The standard InChI is InChI=1S/C22H37N3O2/c23-21-24-22(17-19-11-5-2-6-12-19,14-13-18-9-3-1-4-10-18)20(27)25(21)15-7-8-16-26/h7-8,18-19,26H,1-6,9-17H2,(H2,23,24)/b8-7+/t22-/m1/s1. The Kier molecular flexibility index (Phi) is 7.33. The first-order chi connectivity index (χ1) is 13.1. The van der Waals surface area contributed by atoms with Crippen LogP contribution < -0.4 is 5.73 Å². The molecule has 5 nitrogen and oxygen atoms in total. The van der Waals surface area contributed by atoms with Gasteiger partial charge in [-0.1, -0.05) is 76.4 Å². The normalized spacial score (nSPS) is 28.3. The molecular weight excluding hydrogens is 338 g/mol. The summed E-state index contributed by atoms with van der Waals surface area (Å²) in [6, 6.07) is 0. The number of aliphatic hydroxyl groups is 1.